The van der Waals surface area contributed by atoms with Gasteiger partial charge in [-0.2, -0.15) is 0 Å². The molecule has 0 heterocycles. The number of nitrogens with two attached hydrogens (primary N) is 2. The Bertz CT molecular complexity index is 887. The van der Waals surface area contributed by atoms with Gasteiger partial charge < -0.3 is 11.5 Å². The molecule has 0 radical (unpaired) electrons. The van der Waals surface area contributed by atoms with E-state index in [4.69, 9.17) is 35.9 Å². The fraction of sp³-hybridized carbons (Fsp3) is 0.105. The standard InChI is InChI=1S/C19H17N3OS2.2ClH/c20-12-5-8-14(9-6-12)22(16-10-7-13(21)11-18(16)25)19(23)15-3-1-2-4-17(15)24;;/h1-3,5-10H,4,11,20-21H2;2*1H. The summed E-state index contributed by atoms with van der Waals surface area (Å²) in [6, 6.07) is 7.08. The Morgan fingerprint density at radius 3 is 2.22 bits per heavy atom. The third-order valence-electron chi connectivity index (χ3n) is 3.93. The van der Waals surface area contributed by atoms with Crippen molar-refractivity contribution in [3.8, 4) is 0 Å². The number of hydrogen-bond donors (Lipinski definition) is 2. The molecule has 0 unspecified atom stereocenters. The smallest absolute Gasteiger partial charge is 0.264 e. The van der Waals surface area contributed by atoms with E-state index in [0.717, 1.165) is 0 Å². The average Bonchev–Trinajstić information content (AvgIpc) is 2.59. The quantitative estimate of drug-likeness (QED) is 0.545. The Kier molecular flexibility index (Phi) is 8.37. The molecule has 27 heavy (non-hydrogen) atoms. The number of anilines is 2. The van der Waals surface area contributed by atoms with Gasteiger partial charge in [-0.3, -0.25) is 9.69 Å². The molecule has 0 spiro atoms. The third kappa shape index (κ3) is 5.05. The van der Waals surface area contributed by atoms with E-state index in [-0.39, 0.29) is 30.7 Å². The van der Waals surface area contributed by atoms with Crippen LogP contribution >= 0.6 is 49.2 Å². The van der Waals surface area contributed by atoms with Crippen LogP contribution in [0.1, 0.15) is 12.8 Å². The van der Waals surface area contributed by atoms with Crippen LogP contribution in [0.25, 0.3) is 0 Å². The minimum atomic E-state index is -0.207. The van der Waals surface area contributed by atoms with Crippen molar-refractivity contribution in [3.05, 3.63) is 71.6 Å². The van der Waals surface area contributed by atoms with Gasteiger partial charge in [0.1, 0.15) is 0 Å². The molecule has 0 atom stereocenters. The van der Waals surface area contributed by atoms with Gasteiger partial charge >= 0.3 is 0 Å². The van der Waals surface area contributed by atoms with Crippen molar-refractivity contribution in [2.45, 2.75) is 12.8 Å². The first kappa shape index (κ1) is 23.0. The largest absolute Gasteiger partial charge is 0.402 e. The molecular formula is C19H19Cl2N3OS2. The van der Waals surface area contributed by atoms with Crippen molar-refractivity contribution < 1.29 is 4.79 Å². The average molecular weight is 440 g/mol. The summed E-state index contributed by atoms with van der Waals surface area (Å²) in [4.78, 5) is 16.1. The predicted octanol–water partition coefficient (Wildman–Crippen LogP) is 4.20. The van der Waals surface area contributed by atoms with Crippen molar-refractivity contribution in [3.63, 3.8) is 0 Å². The molecule has 2 aliphatic carbocycles. The molecule has 0 saturated carbocycles. The van der Waals surface area contributed by atoms with E-state index in [9.17, 15) is 4.79 Å². The number of nitrogen functional groups attached to an aromatic ring is 1. The zero-order chi connectivity index (χ0) is 18.0. The lowest BCUT2D eigenvalue weighted by Gasteiger charge is -2.29. The van der Waals surface area contributed by atoms with E-state index in [1.165, 1.54) is 0 Å². The second kappa shape index (κ2) is 9.80. The normalized spacial score (nSPS) is 15.6. The molecule has 0 aliphatic heterocycles. The first-order chi connectivity index (χ1) is 12.0. The second-order valence-corrected chi connectivity index (χ2v) is 6.75. The zero-order valence-electron chi connectivity index (χ0n) is 14.3. The Labute approximate surface area is 181 Å². The van der Waals surface area contributed by atoms with Crippen LogP contribution in [0.4, 0.5) is 11.4 Å². The highest BCUT2D eigenvalue weighted by Gasteiger charge is 2.28. The molecule has 1 amide bonds. The summed E-state index contributed by atoms with van der Waals surface area (Å²) in [6.45, 7) is 0. The SMILES string of the molecule is Cl.Cl.NC1=CC=C(N(C(=O)C2=CC=CCC2=S)c2ccc(N)cc2)C(=S)C1. The number of hydrogen-bond acceptors (Lipinski definition) is 5. The molecule has 2 aliphatic rings. The van der Waals surface area contributed by atoms with Crippen LogP contribution in [0.3, 0.4) is 0 Å². The number of allylic oxidation sites excluding steroid dienone is 7. The molecule has 4 N–H and O–H groups in total. The minimum Gasteiger partial charge on any atom is -0.402 e. The summed E-state index contributed by atoms with van der Waals surface area (Å²) in [5.74, 6) is -0.207. The highest BCUT2D eigenvalue weighted by Crippen LogP contribution is 2.28. The van der Waals surface area contributed by atoms with Crippen LogP contribution in [0, 0.1) is 0 Å². The highest BCUT2D eigenvalue weighted by atomic mass is 35.5. The summed E-state index contributed by atoms with van der Waals surface area (Å²) in [7, 11) is 0. The molecule has 3 rings (SSSR count). The van der Waals surface area contributed by atoms with Gasteiger partial charge in [-0.15, -0.1) is 24.8 Å². The first-order valence-corrected chi connectivity index (χ1v) is 8.58. The van der Waals surface area contributed by atoms with E-state index >= 15 is 0 Å². The van der Waals surface area contributed by atoms with E-state index in [2.05, 4.69) is 0 Å². The van der Waals surface area contributed by atoms with Crippen LogP contribution < -0.4 is 16.4 Å². The number of benzene rings is 1. The summed E-state index contributed by atoms with van der Waals surface area (Å²) in [5.41, 5.74) is 14.7. The van der Waals surface area contributed by atoms with E-state index in [0.29, 0.717) is 50.9 Å². The lowest BCUT2D eigenvalue weighted by Crippen LogP contribution is -2.37. The lowest BCUT2D eigenvalue weighted by atomic mass is 10.0. The summed E-state index contributed by atoms with van der Waals surface area (Å²) in [5, 5.41) is 0. The van der Waals surface area contributed by atoms with Crippen LogP contribution in [0.5, 0.6) is 0 Å². The van der Waals surface area contributed by atoms with Gasteiger partial charge in [0.25, 0.3) is 5.91 Å². The number of carbonyl (C=O) groups excluding carboxylic acids is 1. The molecule has 142 valence electrons. The van der Waals surface area contributed by atoms with Crippen LogP contribution in [0.15, 0.2) is 71.6 Å². The molecule has 0 aromatic heterocycles. The Morgan fingerprint density at radius 1 is 0.963 bits per heavy atom. The van der Waals surface area contributed by atoms with Gasteiger partial charge in [0.2, 0.25) is 0 Å². The molecule has 0 fully saturated rings. The molecule has 1 aromatic rings. The van der Waals surface area contributed by atoms with E-state index in [1.807, 2.05) is 12.2 Å². The monoisotopic (exact) mass is 439 g/mol. The number of thiocarbonyl (C=S) groups is 2. The van der Waals surface area contributed by atoms with Crippen molar-refractivity contribution in [1.82, 2.24) is 0 Å². The van der Waals surface area contributed by atoms with Gasteiger partial charge in [0.05, 0.1) is 11.3 Å². The summed E-state index contributed by atoms with van der Waals surface area (Å²) in [6.07, 6.45) is 10.1. The second-order valence-electron chi connectivity index (χ2n) is 5.76. The van der Waals surface area contributed by atoms with Crippen LogP contribution in [-0.4, -0.2) is 15.6 Å². The van der Waals surface area contributed by atoms with E-state index in [1.54, 1.807) is 47.4 Å². The van der Waals surface area contributed by atoms with Crippen molar-refractivity contribution in [1.29, 1.82) is 0 Å². The van der Waals surface area contributed by atoms with Gasteiger partial charge in [0, 0.05) is 39.6 Å². The third-order valence-corrected chi connectivity index (χ3v) is 4.67. The molecule has 8 heteroatoms. The lowest BCUT2D eigenvalue weighted by molar-refractivity contribution is -0.114. The van der Waals surface area contributed by atoms with Crippen molar-refractivity contribution in [2.24, 2.45) is 5.73 Å². The molecular weight excluding hydrogens is 421 g/mol. The van der Waals surface area contributed by atoms with Gasteiger partial charge in [-0.05, 0) is 42.5 Å². The molecule has 0 saturated heterocycles. The number of rotatable bonds is 3. The van der Waals surface area contributed by atoms with Crippen LogP contribution in [-0.2, 0) is 4.79 Å². The Hall–Kier alpha value is -1.99. The maximum absolute atomic E-state index is 13.3. The van der Waals surface area contributed by atoms with Crippen LogP contribution in [0.2, 0.25) is 0 Å². The predicted molar refractivity (Wildman–Crippen MR) is 125 cm³/mol. The highest BCUT2D eigenvalue weighted by molar-refractivity contribution is 7.81. The molecule has 4 nitrogen and oxygen atoms in total. The topological polar surface area (TPSA) is 72.3 Å². The number of carbonyl (C=O) groups is 1. The first-order valence-electron chi connectivity index (χ1n) is 7.77. The fourth-order valence-corrected chi connectivity index (χ4v) is 3.23. The Morgan fingerprint density at radius 2 is 1.63 bits per heavy atom. The maximum atomic E-state index is 13.3. The Balaban J connectivity index is 0.00000182. The van der Waals surface area contributed by atoms with Gasteiger partial charge in [-0.1, -0.05) is 36.6 Å². The van der Waals surface area contributed by atoms with Gasteiger partial charge in [-0.25, -0.2) is 0 Å². The summed E-state index contributed by atoms with van der Waals surface area (Å²) >= 11 is 10.9. The number of nitrogens with zero attached hydrogens (tertiary/aromatic N) is 1. The fourth-order valence-electron chi connectivity index (χ4n) is 2.66. The molecule has 0 bridgehead atoms. The van der Waals surface area contributed by atoms with Crippen molar-refractivity contribution in [2.75, 3.05) is 10.6 Å². The minimum absolute atomic E-state index is 0. The van der Waals surface area contributed by atoms with Gasteiger partial charge in [0.15, 0.2) is 0 Å². The zero-order valence-corrected chi connectivity index (χ0v) is 17.5. The maximum Gasteiger partial charge on any atom is 0.264 e. The van der Waals surface area contributed by atoms with E-state index < -0.39 is 0 Å². The number of amides is 1. The molecule has 1 aromatic carbocycles. The van der Waals surface area contributed by atoms with Crippen molar-refractivity contribution >= 4 is 76.3 Å². The number of halogens is 2. The summed E-state index contributed by atoms with van der Waals surface area (Å²) < 4.78 is 0.